The molecule has 0 saturated carbocycles. The number of halogens is 1. The van der Waals surface area contributed by atoms with Crippen molar-refractivity contribution in [1.82, 2.24) is 9.88 Å². The van der Waals surface area contributed by atoms with Crippen molar-refractivity contribution in [1.29, 1.82) is 0 Å². The third-order valence-electron chi connectivity index (χ3n) is 3.17. The number of carbonyl (C=O) groups excluding carboxylic acids is 1. The van der Waals surface area contributed by atoms with E-state index in [1.165, 1.54) is 0 Å². The number of nitrogens with zero attached hydrogens (tertiary/aromatic N) is 1. The first-order valence-corrected chi connectivity index (χ1v) is 6.27. The SMILES string of the molecule is CC(CCl)C(=O)N1CCCC1c1ccc[nH]1. The highest BCUT2D eigenvalue weighted by atomic mass is 35.5. The smallest absolute Gasteiger partial charge is 0.227 e. The monoisotopic (exact) mass is 240 g/mol. The molecule has 2 unspecified atom stereocenters. The number of likely N-dealkylation sites (tertiary alicyclic amines) is 1. The highest BCUT2D eigenvalue weighted by molar-refractivity contribution is 6.19. The Morgan fingerprint density at radius 2 is 2.56 bits per heavy atom. The van der Waals surface area contributed by atoms with Gasteiger partial charge in [-0.2, -0.15) is 0 Å². The van der Waals surface area contributed by atoms with E-state index < -0.39 is 0 Å². The van der Waals surface area contributed by atoms with Crippen molar-refractivity contribution >= 4 is 17.5 Å². The van der Waals surface area contributed by atoms with Gasteiger partial charge in [0.1, 0.15) is 0 Å². The van der Waals surface area contributed by atoms with Gasteiger partial charge in [-0.1, -0.05) is 6.92 Å². The zero-order chi connectivity index (χ0) is 11.5. The molecule has 1 fully saturated rings. The van der Waals surface area contributed by atoms with E-state index in [9.17, 15) is 4.79 Å². The number of nitrogens with one attached hydrogen (secondary N) is 1. The highest BCUT2D eigenvalue weighted by Gasteiger charge is 2.32. The number of amides is 1. The van der Waals surface area contributed by atoms with Crippen LogP contribution in [0, 0.1) is 5.92 Å². The molecule has 16 heavy (non-hydrogen) atoms. The van der Waals surface area contributed by atoms with E-state index in [1.807, 2.05) is 30.2 Å². The van der Waals surface area contributed by atoms with Crippen molar-refractivity contribution in [2.24, 2.45) is 5.92 Å². The fraction of sp³-hybridized carbons (Fsp3) is 0.583. The minimum absolute atomic E-state index is 0.0859. The second-order valence-electron chi connectivity index (χ2n) is 4.37. The molecule has 2 atom stereocenters. The number of H-pyrrole nitrogens is 1. The molecule has 1 aromatic heterocycles. The minimum Gasteiger partial charge on any atom is -0.363 e. The summed E-state index contributed by atoms with van der Waals surface area (Å²) in [6.45, 7) is 2.74. The summed E-state index contributed by atoms with van der Waals surface area (Å²) in [7, 11) is 0. The normalized spacial score (nSPS) is 22.4. The molecule has 0 bridgehead atoms. The van der Waals surface area contributed by atoms with E-state index in [0.717, 1.165) is 25.1 Å². The van der Waals surface area contributed by atoms with Crippen molar-refractivity contribution in [3.8, 4) is 0 Å². The van der Waals surface area contributed by atoms with Gasteiger partial charge >= 0.3 is 0 Å². The Balaban J connectivity index is 2.12. The minimum atomic E-state index is -0.0859. The molecule has 1 aromatic rings. The molecule has 1 aliphatic rings. The standard InChI is InChI=1S/C12H17ClN2O/c1-9(8-13)12(16)15-7-3-5-11(15)10-4-2-6-14-10/h2,4,6,9,11,14H,3,5,7-8H2,1H3. The predicted molar refractivity (Wildman–Crippen MR) is 64.4 cm³/mol. The van der Waals surface area contributed by atoms with Crippen LogP contribution in [0.15, 0.2) is 18.3 Å². The fourth-order valence-electron chi connectivity index (χ4n) is 2.25. The average molecular weight is 241 g/mol. The predicted octanol–water partition coefficient (Wildman–Crippen LogP) is 2.55. The van der Waals surface area contributed by atoms with Crippen LogP contribution in [0.5, 0.6) is 0 Å². The largest absolute Gasteiger partial charge is 0.363 e. The zero-order valence-electron chi connectivity index (χ0n) is 9.45. The Morgan fingerprint density at radius 3 is 3.19 bits per heavy atom. The van der Waals surface area contributed by atoms with Crippen LogP contribution in [0.25, 0.3) is 0 Å². The van der Waals surface area contributed by atoms with Gasteiger partial charge in [-0.25, -0.2) is 0 Å². The molecule has 88 valence electrons. The first kappa shape index (κ1) is 11.5. The number of alkyl halides is 1. The maximum absolute atomic E-state index is 12.1. The van der Waals surface area contributed by atoms with Crippen LogP contribution in [0.1, 0.15) is 31.5 Å². The molecule has 4 heteroatoms. The van der Waals surface area contributed by atoms with Crippen LogP contribution in [0.2, 0.25) is 0 Å². The Morgan fingerprint density at radius 1 is 1.75 bits per heavy atom. The van der Waals surface area contributed by atoms with E-state index in [0.29, 0.717) is 5.88 Å². The Labute approximate surface area is 101 Å². The lowest BCUT2D eigenvalue weighted by molar-refractivity contribution is -0.135. The molecule has 3 nitrogen and oxygen atoms in total. The van der Waals surface area contributed by atoms with Crippen molar-refractivity contribution in [3.05, 3.63) is 24.0 Å². The van der Waals surface area contributed by atoms with Crippen LogP contribution >= 0.6 is 11.6 Å². The number of carbonyl (C=O) groups is 1. The lowest BCUT2D eigenvalue weighted by atomic mass is 10.1. The van der Waals surface area contributed by atoms with Crippen LogP contribution < -0.4 is 0 Å². The number of hydrogen-bond donors (Lipinski definition) is 1. The Hall–Kier alpha value is -0.960. The first-order valence-electron chi connectivity index (χ1n) is 5.73. The van der Waals surface area contributed by atoms with Gasteiger partial charge in [-0.3, -0.25) is 4.79 Å². The Bertz CT molecular complexity index is 350. The van der Waals surface area contributed by atoms with Crippen molar-refractivity contribution < 1.29 is 4.79 Å². The van der Waals surface area contributed by atoms with Gasteiger partial charge in [0.25, 0.3) is 0 Å². The molecule has 2 heterocycles. The molecule has 1 saturated heterocycles. The molecule has 0 radical (unpaired) electrons. The number of rotatable bonds is 3. The molecule has 1 amide bonds. The van der Waals surface area contributed by atoms with Gasteiger partial charge in [0.05, 0.1) is 6.04 Å². The van der Waals surface area contributed by atoms with Gasteiger partial charge < -0.3 is 9.88 Å². The quantitative estimate of drug-likeness (QED) is 0.810. The van der Waals surface area contributed by atoms with Crippen molar-refractivity contribution in [2.75, 3.05) is 12.4 Å². The van der Waals surface area contributed by atoms with Crippen LogP contribution in [-0.4, -0.2) is 28.2 Å². The third-order valence-corrected chi connectivity index (χ3v) is 3.63. The maximum Gasteiger partial charge on any atom is 0.227 e. The van der Waals surface area contributed by atoms with Gasteiger partial charge in [-0.05, 0) is 25.0 Å². The number of aromatic nitrogens is 1. The van der Waals surface area contributed by atoms with Gasteiger partial charge in [0.2, 0.25) is 5.91 Å². The van der Waals surface area contributed by atoms with E-state index in [4.69, 9.17) is 11.6 Å². The van der Waals surface area contributed by atoms with Crippen LogP contribution in [-0.2, 0) is 4.79 Å². The number of hydrogen-bond acceptors (Lipinski definition) is 1. The molecular formula is C12H17ClN2O. The second kappa shape index (κ2) is 4.91. The lowest BCUT2D eigenvalue weighted by Gasteiger charge is -2.26. The number of aromatic amines is 1. The lowest BCUT2D eigenvalue weighted by Crippen LogP contribution is -2.35. The average Bonchev–Trinajstić information content (AvgIpc) is 2.95. The maximum atomic E-state index is 12.1. The van der Waals surface area contributed by atoms with E-state index in [1.54, 1.807) is 0 Å². The van der Waals surface area contributed by atoms with E-state index >= 15 is 0 Å². The van der Waals surface area contributed by atoms with E-state index in [-0.39, 0.29) is 17.9 Å². The summed E-state index contributed by atoms with van der Waals surface area (Å²) < 4.78 is 0. The summed E-state index contributed by atoms with van der Waals surface area (Å²) in [4.78, 5) is 17.3. The Kier molecular flexibility index (Phi) is 3.54. The summed E-state index contributed by atoms with van der Waals surface area (Å²) in [5.74, 6) is 0.483. The van der Waals surface area contributed by atoms with Gasteiger partial charge in [-0.15, -0.1) is 11.6 Å². The molecule has 1 N–H and O–H groups in total. The second-order valence-corrected chi connectivity index (χ2v) is 4.68. The summed E-state index contributed by atoms with van der Waals surface area (Å²) in [5, 5.41) is 0. The molecular weight excluding hydrogens is 224 g/mol. The summed E-state index contributed by atoms with van der Waals surface area (Å²) in [6.07, 6.45) is 4.02. The van der Waals surface area contributed by atoms with Gasteiger partial charge in [0, 0.05) is 30.2 Å². The zero-order valence-corrected chi connectivity index (χ0v) is 10.2. The third kappa shape index (κ3) is 2.09. The molecule has 2 rings (SSSR count). The molecule has 0 aromatic carbocycles. The van der Waals surface area contributed by atoms with Crippen molar-refractivity contribution in [3.63, 3.8) is 0 Å². The summed E-state index contributed by atoms with van der Waals surface area (Å²) in [5.41, 5.74) is 1.13. The fourth-order valence-corrected chi connectivity index (χ4v) is 2.39. The van der Waals surface area contributed by atoms with Crippen LogP contribution in [0.4, 0.5) is 0 Å². The van der Waals surface area contributed by atoms with Crippen LogP contribution in [0.3, 0.4) is 0 Å². The molecule has 0 aliphatic carbocycles. The van der Waals surface area contributed by atoms with E-state index in [2.05, 4.69) is 4.98 Å². The topological polar surface area (TPSA) is 36.1 Å². The van der Waals surface area contributed by atoms with Gasteiger partial charge in [0.15, 0.2) is 0 Å². The summed E-state index contributed by atoms with van der Waals surface area (Å²) >= 11 is 5.74. The first-order chi connectivity index (χ1) is 7.74. The highest BCUT2D eigenvalue weighted by Crippen LogP contribution is 2.32. The molecule has 0 spiro atoms. The van der Waals surface area contributed by atoms with Crippen molar-refractivity contribution in [2.45, 2.75) is 25.8 Å². The summed E-state index contributed by atoms with van der Waals surface area (Å²) in [6, 6.07) is 4.23. The molecule has 1 aliphatic heterocycles.